The molecule has 0 saturated heterocycles. The Kier molecular flexibility index (Phi) is 2.95. The second kappa shape index (κ2) is 4.40. The van der Waals surface area contributed by atoms with E-state index in [2.05, 4.69) is 20.4 Å². The van der Waals surface area contributed by atoms with Crippen LogP contribution in [0.2, 0.25) is 0 Å². The predicted molar refractivity (Wildman–Crippen MR) is 59.2 cm³/mol. The highest BCUT2D eigenvalue weighted by Gasteiger charge is 2.08. The van der Waals surface area contributed by atoms with E-state index in [9.17, 15) is 4.79 Å². The van der Waals surface area contributed by atoms with Crippen LogP contribution in [0.5, 0.6) is 0 Å². The van der Waals surface area contributed by atoms with Crippen molar-refractivity contribution in [2.75, 3.05) is 0 Å². The van der Waals surface area contributed by atoms with Crippen molar-refractivity contribution in [3.05, 3.63) is 27.5 Å². The van der Waals surface area contributed by atoms with Crippen LogP contribution >= 0.6 is 11.3 Å². The first-order chi connectivity index (χ1) is 7.66. The third kappa shape index (κ3) is 2.25. The average molecular weight is 237 g/mol. The number of thiazole rings is 1. The smallest absolute Gasteiger partial charge is 0.277 e. The van der Waals surface area contributed by atoms with Crippen LogP contribution in [-0.4, -0.2) is 26.3 Å². The van der Waals surface area contributed by atoms with Crippen molar-refractivity contribution in [3.63, 3.8) is 0 Å². The minimum absolute atomic E-state index is 0.354. The highest BCUT2D eigenvalue weighted by atomic mass is 32.1. The van der Waals surface area contributed by atoms with Gasteiger partial charge in [-0.1, -0.05) is 0 Å². The molecule has 2 aromatic rings. The number of hydrogen-bond donors (Lipinski definition) is 2. The lowest BCUT2D eigenvalue weighted by molar-refractivity contribution is 0.1000. The van der Waals surface area contributed by atoms with Crippen molar-refractivity contribution in [1.82, 2.24) is 20.4 Å². The summed E-state index contributed by atoms with van der Waals surface area (Å²) in [5.41, 5.74) is 7.80. The molecule has 0 unspecified atom stereocenters. The summed E-state index contributed by atoms with van der Waals surface area (Å²) in [5, 5.41) is 12.7. The van der Waals surface area contributed by atoms with Gasteiger partial charge in [0.05, 0.1) is 17.1 Å². The van der Waals surface area contributed by atoms with Crippen LogP contribution in [0, 0.1) is 6.92 Å². The largest absolute Gasteiger partial charge is 0.364 e. The van der Waals surface area contributed by atoms with Gasteiger partial charge in [0.25, 0.3) is 5.91 Å². The second-order valence-electron chi connectivity index (χ2n) is 3.36. The van der Waals surface area contributed by atoms with E-state index >= 15 is 0 Å². The second-order valence-corrected chi connectivity index (χ2v) is 4.22. The van der Waals surface area contributed by atoms with Crippen molar-refractivity contribution >= 4 is 17.2 Å². The molecule has 0 radical (unpaired) electrons. The summed E-state index contributed by atoms with van der Waals surface area (Å²) >= 11 is 1.27. The SMILES string of the molecule is Cc1n[nH]nc1CCc1csc(C(N)=O)n1. The number of aromatic amines is 1. The molecule has 0 atom stereocenters. The molecule has 0 saturated carbocycles. The molecule has 16 heavy (non-hydrogen) atoms. The fourth-order valence-corrected chi connectivity index (χ4v) is 2.03. The van der Waals surface area contributed by atoms with E-state index in [1.165, 1.54) is 11.3 Å². The van der Waals surface area contributed by atoms with E-state index in [0.29, 0.717) is 5.01 Å². The Morgan fingerprint density at radius 1 is 1.50 bits per heavy atom. The number of rotatable bonds is 4. The average Bonchev–Trinajstić information content (AvgIpc) is 2.83. The molecule has 7 heteroatoms. The van der Waals surface area contributed by atoms with E-state index in [-0.39, 0.29) is 0 Å². The molecule has 0 aliphatic heterocycles. The van der Waals surface area contributed by atoms with Gasteiger partial charge in [-0.25, -0.2) is 4.98 Å². The summed E-state index contributed by atoms with van der Waals surface area (Å²) in [5.74, 6) is -0.478. The molecular weight excluding hydrogens is 226 g/mol. The van der Waals surface area contributed by atoms with Gasteiger partial charge in [0.1, 0.15) is 0 Å². The number of carbonyl (C=O) groups is 1. The van der Waals surface area contributed by atoms with E-state index in [1.54, 1.807) is 0 Å². The summed E-state index contributed by atoms with van der Waals surface area (Å²) in [4.78, 5) is 15.0. The van der Waals surface area contributed by atoms with Crippen molar-refractivity contribution in [2.24, 2.45) is 5.73 Å². The number of amides is 1. The molecular formula is C9H11N5OS. The Morgan fingerprint density at radius 2 is 2.31 bits per heavy atom. The molecule has 0 spiro atoms. The lowest BCUT2D eigenvalue weighted by Gasteiger charge is -1.94. The zero-order valence-corrected chi connectivity index (χ0v) is 9.54. The summed E-state index contributed by atoms with van der Waals surface area (Å²) in [6.07, 6.45) is 1.49. The molecule has 2 heterocycles. The molecule has 0 aliphatic carbocycles. The van der Waals surface area contributed by atoms with Gasteiger partial charge in [-0.3, -0.25) is 4.79 Å². The molecule has 0 aliphatic rings. The molecule has 2 aromatic heterocycles. The number of hydrogen-bond acceptors (Lipinski definition) is 5. The van der Waals surface area contributed by atoms with Crippen molar-refractivity contribution < 1.29 is 4.79 Å². The van der Waals surface area contributed by atoms with Gasteiger partial charge >= 0.3 is 0 Å². The molecule has 84 valence electrons. The van der Waals surface area contributed by atoms with Crippen molar-refractivity contribution in [1.29, 1.82) is 0 Å². The van der Waals surface area contributed by atoms with Crippen LogP contribution in [0.4, 0.5) is 0 Å². The molecule has 1 amide bonds. The number of nitrogens with one attached hydrogen (secondary N) is 1. The maximum atomic E-state index is 10.8. The minimum Gasteiger partial charge on any atom is -0.364 e. The Bertz CT molecular complexity index is 503. The molecule has 2 rings (SSSR count). The van der Waals surface area contributed by atoms with Gasteiger partial charge in [0.15, 0.2) is 5.01 Å². The molecule has 0 aromatic carbocycles. The van der Waals surface area contributed by atoms with Crippen LogP contribution in [0.1, 0.15) is 26.9 Å². The van der Waals surface area contributed by atoms with Gasteiger partial charge in [-0.05, 0) is 19.8 Å². The number of nitrogens with two attached hydrogens (primary N) is 1. The minimum atomic E-state index is -0.478. The van der Waals surface area contributed by atoms with Crippen LogP contribution in [0.25, 0.3) is 0 Å². The molecule has 0 fully saturated rings. The Hall–Kier alpha value is -1.76. The topological polar surface area (TPSA) is 97.5 Å². The van der Waals surface area contributed by atoms with Gasteiger partial charge in [-0.2, -0.15) is 15.4 Å². The Labute approximate surface area is 95.9 Å². The number of aryl methyl sites for hydroxylation is 3. The molecule has 0 bridgehead atoms. The van der Waals surface area contributed by atoms with Gasteiger partial charge in [0, 0.05) is 5.38 Å². The number of nitrogens with zero attached hydrogens (tertiary/aromatic N) is 3. The normalized spacial score (nSPS) is 10.6. The maximum Gasteiger partial charge on any atom is 0.277 e. The first-order valence-corrected chi connectivity index (χ1v) is 5.65. The van der Waals surface area contributed by atoms with Crippen LogP contribution in [0.15, 0.2) is 5.38 Å². The summed E-state index contributed by atoms with van der Waals surface area (Å²) in [7, 11) is 0. The zero-order chi connectivity index (χ0) is 11.5. The predicted octanol–water partition coefficient (Wildman–Crippen LogP) is 0.454. The third-order valence-electron chi connectivity index (χ3n) is 2.20. The van der Waals surface area contributed by atoms with Crippen LogP contribution in [0.3, 0.4) is 0 Å². The molecule has 3 N–H and O–H groups in total. The zero-order valence-electron chi connectivity index (χ0n) is 8.73. The number of primary amides is 1. The number of carbonyl (C=O) groups excluding carboxylic acids is 1. The highest BCUT2D eigenvalue weighted by Crippen LogP contribution is 2.11. The summed E-state index contributed by atoms with van der Waals surface area (Å²) in [6, 6.07) is 0. The lowest BCUT2D eigenvalue weighted by atomic mass is 10.2. The Balaban J connectivity index is 2.00. The van der Waals surface area contributed by atoms with E-state index in [4.69, 9.17) is 5.73 Å². The number of H-pyrrole nitrogens is 1. The lowest BCUT2D eigenvalue weighted by Crippen LogP contribution is -2.10. The van der Waals surface area contributed by atoms with Gasteiger partial charge in [-0.15, -0.1) is 11.3 Å². The van der Waals surface area contributed by atoms with E-state index in [0.717, 1.165) is 29.9 Å². The fraction of sp³-hybridized carbons (Fsp3) is 0.333. The van der Waals surface area contributed by atoms with E-state index in [1.807, 2.05) is 12.3 Å². The monoisotopic (exact) mass is 237 g/mol. The summed E-state index contributed by atoms with van der Waals surface area (Å²) < 4.78 is 0. The first kappa shape index (κ1) is 10.7. The van der Waals surface area contributed by atoms with Crippen molar-refractivity contribution in [3.8, 4) is 0 Å². The quantitative estimate of drug-likeness (QED) is 0.806. The highest BCUT2D eigenvalue weighted by molar-refractivity contribution is 7.11. The summed E-state index contributed by atoms with van der Waals surface area (Å²) in [6.45, 7) is 1.90. The van der Waals surface area contributed by atoms with Gasteiger partial charge < -0.3 is 5.73 Å². The fourth-order valence-electron chi connectivity index (χ4n) is 1.32. The Morgan fingerprint density at radius 3 is 2.88 bits per heavy atom. The van der Waals surface area contributed by atoms with E-state index < -0.39 is 5.91 Å². The van der Waals surface area contributed by atoms with Crippen LogP contribution < -0.4 is 5.73 Å². The first-order valence-electron chi connectivity index (χ1n) is 4.77. The maximum absolute atomic E-state index is 10.8. The van der Waals surface area contributed by atoms with Gasteiger partial charge in [0.2, 0.25) is 0 Å². The number of aromatic nitrogens is 4. The molecule has 6 nitrogen and oxygen atoms in total. The third-order valence-corrected chi connectivity index (χ3v) is 3.11. The standard InChI is InChI=1S/C9H11N5OS/c1-5-7(13-14-12-5)3-2-6-4-16-9(11-6)8(10)15/h4H,2-3H2,1H3,(H2,10,15)(H,12,13,14). The van der Waals surface area contributed by atoms with Crippen molar-refractivity contribution in [2.45, 2.75) is 19.8 Å². The van der Waals surface area contributed by atoms with Crippen LogP contribution in [-0.2, 0) is 12.8 Å².